The quantitative estimate of drug-likeness (QED) is 0.770. The van der Waals surface area contributed by atoms with Crippen molar-refractivity contribution in [3.8, 4) is 5.75 Å². The van der Waals surface area contributed by atoms with Crippen LogP contribution in [0.3, 0.4) is 0 Å². The first-order valence-corrected chi connectivity index (χ1v) is 6.81. The van der Waals surface area contributed by atoms with Crippen molar-refractivity contribution >= 4 is 17.2 Å². The van der Waals surface area contributed by atoms with Crippen molar-refractivity contribution in [2.24, 2.45) is 5.73 Å². The number of benzene rings is 1. The largest absolute Gasteiger partial charge is 0.494 e. The second kappa shape index (κ2) is 7.34. The van der Waals surface area contributed by atoms with Gasteiger partial charge in [-0.2, -0.15) is 0 Å². The van der Waals surface area contributed by atoms with Crippen LogP contribution in [0.2, 0.25) is 0 Å². The van der Waals surface area contributed by atoms with E-state index in [9.17, 15) is 0 Å². The highest BCUT2D eigenvalue weighted by Crippen LogP contribution is 2.29. The molecule has 0 aliphatic heterocycles. The molecule has 1 aromatic carbocycles. The summed E-state index contributed by atoms with van der Waals surface area (Å²) in [4.78, 5) is 2.73. The monoisotopic (exact) mass is 266 g/mol. The van der Waals surface area contributed by atoms with Gasteiger partial charge < -0.3 is 10.5 Å². The summed E-state index contributed by atoms with van der Waals surface area (Å²) in [6, 6.07) is 7.90. The molecule has 4 heteroatoms. The van der Waals surface area contributed by atoms with Crippen molar-refractivity contribution < 1.29 is 4.74 Å². The molecule has 0 aliphatic carbocycles. The molecule has 0 heterocycles. The fraction of sp³-hybridized carbons (Fsp3) is 0.500. The molecule has 3 nitrogen and oxygen atoms in total. The van der Waals surface area contributed by atoms with Crippen molar-refractivity contribution in [2.75, 3.05) is 19.7 Å². The highest BCUT2D eigenvalue weighted by molar-refractivity contribution is 7.80. The van der Waals surface area contributed by atoms with E-state index in [1.165, 1.54) is 0 Å². The predicted octanol–water partition coefficient (Wildman–Crippen LogP) is 2.75. The van der Waals surface area contributed by atoms with Gasteiger partial charge in [-0.3, -0.25) is 4.90 Å². The second-order valence-corrected chi connectivity index (χ2v) is 4.47. The van der Waals surface area contributed by atoms with E-state index in [0.717, 1.165) is 24.4 Å². The second-order valence-electron chi connectivity index (χ2n) is 4.00. The van der Waals surface area contributed by atoms with Crippen LogP contribution < -0.4 is 10.5 Å². The number of hydrogen-bond donors (Lipinski definition) is 1. The molecule has 0 bridgehead atoms. The van der Waals surface area contributed by atoms with Gasteiger partial charge in [-0.05, 0) is 26.1 Å². The smallest absolute Gasteiger partial charge is 0.124 e. The average Bonchev–Trinajstić information content (AvgIpc) is 2.37. The molecule has 0 aliphatic rings. The first kappa shape index (κ1) is 14.9. The fourth-order valence-electron chi connectivity index (χ4n) is 2.11. The van der Waals surface area contributed by atoms with Crippen LogP contribution >= 0.6 is 12.2 Å². The molecule has 18 heavy (non-hydrogen) atoms. The molecule has 0 spiro atoms. The first-order valence-electron chi connectivity index (χ1n) is 6.40. The zero-order chi connectivity index (χ0) is 13.5. The van der Waals surface area contributed by atoms with Gasteiger partial charge in [-0.1, -0.05) is 44.3 Å². The molecular weight excluding hydrogens is 244 g/mol. The predicted molar refractivity (Wildman–Crippen MR) is 80.1 cm³/mol. The van der Waals surface area contributed by atoms with E-state index < -0.39 is 0 Å². The summed E-state index contributed by atoms with van der Waals surface area (Å²) < 4.78 is 5.67. The number of rotatable bonds is 7. The Morgan fingerprint density at radius 3 is 2.39 bits per heavy atom. The van der Waals surface area contributed by atoms with Gasteiger partial charge in [0.2, 0.25) is 0 Å². The number of ether oxygens (including phenoxy) is 1. The lowest BCUT2D eigenvalue weighted by Gasteiger charge is -2.30. The molecule has 0 saturated carbocycles. The third kappa shape index (κ3) is 3.43. The van der Waals surface area contributed by atoms with Gasteiger partial charge in [-0.15, -0.1) is 0 Å². The van der Waals surface area contributed by atoms with Crippen LogP contribution in [0.1, 0.15) is 32.4 Å². The molecule has 1 unspecified atom stereocenters. The van der Waals surface area contributed by atoms with Crippen molar-refractivity contribution in [1.29, 1.82) is 0 Å². The third-order valence-electron chi connectivity index (χ3n) is 2.96. The van der Waals surface area contributed by atoms with Gasteiger partial charge >= 0.3 is 0 Å². The Kier molecular flexibility index (Phi) is 6.09. The maximum atomic E-state index is 5.92. The standard InChI is InChI=1S/C14H22N2OS/c1-4-16(5-2)13(14(15)18)11-9-7-8-10-12(11)17-6-3/h7-10,13H,4-6H2,1-3H3,(H2,15,18). The molecule has 0 fully saturated rings. The van der Waals surface area contributed by atoms with E-state index in [2.05, 4.69) is 18.7 Å². The Balaban J connectivity index is 3.16. The van der Waals surface area contributed by atoms with E-state index in [-0.39, 0.29) is 6.04 Å². The van der Waals surface area contributed by atoms with E-state index in [4.69, 9.17) is 22.7 Å². The Bertz CT molecular complexity index is 391. The van der Waals surface area contributed by atoms with Crippen LogP contribution in [-0.2, 0) is 0 Å². The zero-order valence-electron chi connectivity index (χ0n) is 11.3. The average molecular weight is 266 g/mol. The minimum atomic E-state index is -0.0576. The molecule has 1 aromatic rings. The van der Waals surface area contributed by atoms with Crippen LogP contribution in [0.15, 0.2) is 24.3 Å². The summed E-state index contributed by atoms with van der Waals surface area (Å²) in [5, 5.41) is 0. The van der Waals surface area contributed by atoms with Crippen molar-refractivity contribution in [3.05, 3.63) is 29.8 Å². The SMILES string of the molecule is CCOc1ccccc1C(C(N)=S)N(CC)CC. The lowest BCUT2D eigenvalue weighted by Crippen LogP contribution is -2.37. The number of nitrogens with two attached hydrogens (primary N) is 1. The summed E-state index contributed by atoms with van der Waals surface area (Å²) in [6.45, 7) is 8.64. The van der Waals surface area contributed by atoms with E-state index in [0.29, 0.717) is 11.6 Å². The Hall–Kier alpha value is -1.13. The van der Waals surface area contributed by atoms with Gasteiger partial charge in [0.05, 0.1) is 17.6 Å². The van der Waals surface area contributed by atoms with Crippen LogP contribution in [0.4, 0.5) is 0 Å². The summed E-state index contributed by atoms with van der Waals surface area (Å²) >= 11 is 5.23. The summed E-state index contributed by atoms with van der Waals surface area (Å²) in [7, 11) is 0. The highest BCUT2D eigenvalue weighted by atomic mass is 32.1. The topological polar surface area (TPSA) is 38.5 Å². The van der Waals surface area contributed by atoms with Crippen molar-refractivity contribution in [2.45, 2.75) is 26.8 Å². The summed E-state index contributed by atoms with van der Waals surface area (Å²) in [6.07, 6.45) is 0. The molecule has 1 atom stereocenters. The maximum Gasteiger partial charge on any atom is 0.124 e. The number of thiocarbonyl (C=S) groups is 1. The van der Waals surface area contributed by atoms with Gasteiger partial charge in [0.1, 0.15) is 5.75 Å². The Morgan fingerprint density at radius 2 is 1.89 bits per heavy atom. The van der Waals surface area contributed by atoms with Crippen LogP contribution in [0, 0.1) is 0 Å². The minimum Gasteiger partial charge on any atom is -0.494 e. The number of para-hydroxylation sites is 1. The van der Waals surface area contributed by atoms with E-state index in [1.54, 1.807) is 0 Å². The van der Waals surface area contributed by atoms with E-state index >= 15 is 0 Å². The maximum absolute atomic E-state index is 5.92. The molecule has 1 rings (SSSR count). The lowest BCUT2D eigenvalue weighted by molar-refractivity contribution is 0.261. The van der Waals surface area contributed by atoms with E-state index in [1.807, 2.05) is 31.2 Å². The normalized spacial score (nSPS) is 12.4. The molecule has 0 aromatic heterocycles. The van der Waals surface area contributed by atoms with Crippen molar-refractivity contribution in [3.63, 3.8) is 0 Å². The van der Waals surface area contributed by atoms with Gasteiger partial charge in [0.25, 0.3) is 0 Å². The zero-order valence-corrected chi connectivity index (χ0v) is 12.2. The minimum absolute atomic E-state index is 0.0576. The highest BCUT2D eigenvalue weighted by Gasteiger charge is 2.23. The van der Waals surface area contributed by atoms with Gasteiger partial charge in [0.15, 0.2) is 0 Å². The molecule has 2 N–H and O–H groups in total. The molecule has 100 valence electrons. The van der Waals surface area contributed by atoms with Gasteiger partial charge in [0, 0.05) is 5.56 Å². The van der Waals surface area contributed by atoms with Crippen LogP contribution in [-0.4, -0.2) is 29.6 Å². The lowest BCUT2D eigenvalue weighted by atomic mass is 10.0. The van der Waals surface area contributed by atoms with Crippen LogP contribution in [0.5, 0.6) is 5.75 Å². The first-order chi connectivity index (χ1) is 8.65. The van der Waals surface area contributed by atoms with Crippen molar-refractivity contribution in [1.82, 2.24) is 4.90 Å². The molecule has 0 saturated heterocycles. The number of hydrogen-bond acceptors (Lipinski definition) is 3. The number of nitrogens with zero attached hydrogens (tertiary/aromatic N) is 1. The third-order valence-corrected chi connectivity index (χ3v) is 3.18. The molecule has 0 amide bonds. The Morgan fingerprint density at radius 1 is 1.28 bits per heavy atom. The summed E-state index contributed by atoms with van der Waals surface area (Å²) in [5.41, 5.74) is 6.97. The van der Waals surface area contributed by atoms with Gasteiger partial charge in [-0.25, -0.2) is 0 Å². The van der Waals surface area contributed by atoms with Crippen LogP contribution in [0.25, 0.3) is 0 Å². The summed E-state index contributed by atoms with van der Waals surface area (Å²) in [5.74, 6) is 0.865. The number of likely N-dealkylation sites (N-methyl/N-ethyl adjacent to an activating group) is 1. The molecule has 0 radical (unpaired) electrons. The molecular formula is C14H22N2OS. The Labute approximate surface area is 115 Å². The fourth-order valence-corrected chi connectivity index (χ4v) is 2.39.